The van der Waals surface area contributed by atoms with Gasteiger partial charge >= 0.3 is 0 Å². The number of thiophene rings is 1. The van der Waals surface area contributed by atoms with Crippen LogP contribution in [-0.4, -0.2) is 31.3 Å². The summed E-state index contributed by atoms with van der Waals surface area (Å²) in [5.41, 5.74) is 0.911. The number of ketones is 1. The van der Waals surface area contributed by atoms with E-state index in [9.17, 15) is 4.79 Å². The molecule has 1 rings (SSSR count). The maximum atomic E-state index is 11.8. The standard InChI is InChI=1S/C11H17NOS.ClH/c1-8-7-10(9(2)14-8)11(13)5-6-12(3)4;/h7H,5-6H2,1-4H3;1H. The van der Waals surface area contributed by atoms with Gasteiger partial charge in [-0.15, -0.1) is 23.7 Å². The van der Waals surface area contributed by atoms with Gasteiger partial charge in [-0.3, -0.25) is 4.79 Å². The summed E-state index contributed by atoms with van der Waals surface area (Å²) in [6, 6.07) is 2.00. The summed E-state index contributed by atoms with van der Waals surface area (Å²) in [7, 11) is 3.97. The lowest BCUT2D eigenvalue weighted by atomic mass is 10.1. The second-order valence-corrected chi connectivity index (χ2v) is 5.26. The first-order valence-corrected chi connectivity index (χ1v) is 5.57. The van der Waals surface area contributed by atoms with E-state index in [0.29, 0.717) is 6.42 Å². The topological polar surface area (TPSA) is 20.3 Å². The molecule has 0 atom stereocenters. The van der Waals surface area contributed by atoms with Gasteiger partial charge in [-0.25, -0.2) is 0 Å². The van der Waals surface area contributed by atoms with Crippen molar-refractivity contribution in [1.82, 2.24) is 4.90 Å². The third-order valence-corrected chi connectivity index (χ3v) is 3.09. The number of hydrogen-bond acceptors (Lipinski definition) is 3. The normalized spacial score (nSPS) is 10.2. The quantitative estimate of drug-likeness (QED) is 0.763. The lowest BCUT2D eigenvalue weighted by molar-refractivity contribution is 0.0972. The molecule has 0 spiro atoms. The number of rotatable bonds is 4. The highest BCUT2D eigenvalue weighted by atomic mass is 35.5. The maximum absolute atomic E-state index is 11.8. The zero-order valence-electron chi connectivity index (χ0n) is 9.66. The molecule has 0 saturated heterocycles. The van der Waals surface area contributed by atoms with Crippen LogP contribution in [0.15, 0.2) is 6.07 Å². The van der Waals surface area contributed by atoms with E-state index in [2.05, 4.69) is 0 Å². The van der Waals surface area contributed by atoms with Gasteiger partial charge in [-0.05, 0) is 34.0 Å². The van der Waals surface area contributed by atoms with Gasteiger partial charge in [0.1, 0.15) is 0 Å². The smallest absolute Gasteiger partial charge is 0.165 e. The first-order chi connectivity index (χ1) is 6.50. The van der Waals surface area contributed by atoms with E-state index in [1.165, 1.54) is 4.88 Å². The molecule has 0 amide bonds. The Morgan fingerprint density at radius 1 is 1.40 bits per heavy atom. The number of aryl methyl sites for hydroxylation is 2. The van der Waals surface area contributed by atoms with Crippen LogP contribution in [0.2, 0.25) is 0 Å². The van der Waals surface area contributed by atoms with Crippen LogP contribution in [0.3, 0.4) is 0 Å². The molecular formula is C11H18ClNOS. The molecule has 0 aliphatic heterocycles. The second kappa shape index (κ2) is 6.26. The minimum absolute atomic E-state index is 0. The summed E-state index contributed by atoms with van der Waals surface area (Å²) in [5, 5.41) is 0. The Hall–Kier alpha value is -0.380. The molecule has 0 aromatic carbocycles. The predicted octanol–water partition coefficient (Wildman–Crippen LogP) is 2.92. The van der Waals surface area contributed by atoms with E-state index in [1.54, 1.807) is 11.3 Å². The summed E-state index contributed by atoms with van der Waals surface area (Å²) < 4.78 is 0. The number of hydrogen-bond donors (Lipinski definition) is 0. The summed E-state index contributed by atoms with van der Waals surface area (Å²) >= 11 is 1.70. The average molecular weight is 248 g/mol. The molecule has 0 aliphatic rings. The molecule has 0 unspecified atom stereocenters. The zero-order valence-corrected chi connectivity index (χ0v) is 11.3. The Kier molecular flexibility index (Phi) is 6.10. The zero-order chi connectivity index (χ0) is 10.7. The van der Waals surface area contributed by atoms with Gasteiger partial charge in [0.15, 0.2) is 5.78 Å². The molecule has 2 nitrogen and oxygen atoms in total. The molecule has 0 fully saturated rings. The van der Waals surface area contributed by atoms with Crippen molar-refractivity contribution in [2.75, 3.05) is 20.6 Å². The summed E-state index contributed by atoms with van der Waals surface area (Å²) in [5.74, 6) is 0.264. The third-order valence-electron chi connectivity index (χ3n) is 2.13. The SMILES string of the molecule is Cc1cc(C(=O)CCN(C)C)c(C)s1.Cl. The fourth-order valence-electron chi connectivity index (χ4n) is 1.37. The highest BCUT2D eigenvalue weighted by Gasteiger charge is 2.11. The number of halogens is 1. The van der Waals surface area contributed by atoms with Crippen LogP contribution in [0.5, 0.6) is 0 Å². The van der Waals surface area contributed by atoms with Crippen LogP contribution in [0.1, 0.15) is 26.5 Å². The van der Waals surface area contributed by atoms with Crippen LogP contribution < -0.4 is 0 Å². The van der Waals surface area contributed by atoms with Crippen LogP contribution in [0, 0.1) is 13.8 Å². The van der Waals surface area contributed by atoms with Crippen LogP contribution in [-0.2, 0) is 0 Å². The van der Waals surface area contributed by atoms with E-state index < -0.39 is 0 Å². The van der Waals surface area contributed by atoms with Crippen LogP contribution >= 0.6 is 23.7 Å². The van der Waals surface area contributed by atoms with Crippen molar-refractivity contribution < 1.29 is 4.79 Å². The van der Waals surface area contributed by atoms with E-state index in [1.807, 2.05) is 38.9 Å². The molecule has 86 valence electrons. The van der Waals surface area contributed by atoms with Crippen molar-refractivity contribution in [3.63, 3.8) is 0 Å². The lowest BCUT2D eigenvalue weighted by Crippen LogP contribution is -2.16. The molecule has 0 N–H and O–H groups in total. The van der Waals surface area contributed by atoms with Gasteiger partial charge in [0, 0.05) is 28.3 Å². The minimum atomic E-state index is 0. The molecule has 15 heavy (non-hydrogen) atoms. The molecule has 0 aliphatic carbocycles. The molecule has 0 radical (unpaired) electrons. The minimum Gasteiger partial charge on any atom is -0.309 e. The fraction of sp³-hybridized carbons (Fsp3) is 0.545. The van der Waals surface area contributed by atoms with Crippen molar-refractivity contribution >= 4 is 29.5 Å². The van der Waals surface area contributed by atoms with Crippen molar-refractivity contribution in [1.29, 1.82) is 0 Å². The molecule has 1 aromatic rings. The van der Waals surface area contributed by atoms with Crippen molar-refractivity contribution in [3.8, 4) is 0 Å². The van der Waals surface area contributed by atoms with E-state index >= 15 is 0 Å². The molecule has 4 heteroatoms. The van der Waals surface area contributed by atoms with Crippen molar-refractivity contribution in [3.05, 3.63) is 21.4 Å². The van der Waals surface area contributed by atoms with E-state index in [0.717, 1.165) is 17.0 Å². The molecule has 1 heterocycles. The third kappa shape index (κ3) is 4.33. The summed E-state index contributed by atoms with van der Waals surface area (Å²) in [6.07, 6.45) is 0.615. The molecule has 1 aromatic heterocycles. The number of carbonyl (C=O) groups is 1. The van der Waals surface area contributed by atoms with E-state index in [4.69, 9.17) is 0 Å². The first kappa shape index (κ1) is 14.6. The summed E-state index contributed by atoms with van der Waals surface area (Å²) in [4.78, 5) is 16.2. The Morgan fingerprint density at radius 3 is 2.40 bits per heavy atom. The van der Waals surface area contributed by atoms with Crippen molar-refractivity contribution in [2.45, 2.75) is 20.3 Å². The average Bonchev–Trinajstić information content (AvgIpc) is 2.41. The van der Waals surface area contributed by atoms with Gasteiger partial charge in [0.05, 0.1) is 0 Å². The summed E-state index contributed by atoms with van der Waals surface area (Å²) in [6.45, 7) is 4.88. The first-order valence-electron chi connectivity index (χ1n) is 4.75. The largest absolute Gasteiger partial charge is 0.309 e. The Balaban J connectivity index is 0.00000196. The van der Waals surface area contributed by atoms with Gasteiger partial charge in [0.25, 0.3) is 0 Å². The van der Waals surface area contributed by atoms with Crippen LogP contribution in [0.25, 0.3) is 0 Å². The molecular weight excluding hydrogens is 230 g/mol. The Labute approximate surface area is 102 Å². The number of carbonyl (C=O) groups excluding carboxylic acids is 1. The van der Waals surface area contributed by atoms with Gasteiger partial charge in [-0.2, -0.15) is 0 Å². The fourth-order valence-corrected chi connectivity index (χ4v) is 2.31. The molecule has 0 bridgehead atoms. The van der Waals surface area contributed by atoms with Gasteiger partial charge in [0.2, 0.25) is 0 Å². The Bertz CT molecular complexity index is 333. The Morgan fingerprint density at radius 2 is 2.00 bits per heavy atom. The monoisotopic (exact) mass is 247 g/mol. The van der Waals surface area contributed by atoms with Gasteiger partial charge < -0.3 is 4.90 Å². The predicted molar refractivity (Wildman–Crippen MR) is 68.5 cm³/mol. The maximum Gasteiger partial charge on any atom is 0.165 e. The number of Topliss-reactive ketones (excluding diaryl/α,β-unsaturated/α-hetero) is 1. The lowest BCUT2D eigenvalue weighted by Gasteiger charge is -2.07. The van der Waals surface area contributed by atoms with Crippen LogP contribution in [0.4, 0.5) is 0 Å². The highest BCUT2D eigenvalue weighted by molar-refractivity contribution is 7.12. The van der Waals surface area contributed by atoms with Gasteiger partial charge in [-0.1, -0.05) is 0 Å². The highest BCUT2D eigenvalue weighted by Crippen LogP contribution is 2.21. The second-order valence-electron chi connectivity index (χ2n) is 3.80. The molecule has 0 saturated carbocycles. The van der Waals surface area contributed by atoms with Crippen molar-refractivity contribution in [2.24, 2.45) is 0 Å². The van der Waals surface area contributed by atoms with E-state index in [-0.39, 0.29) is 18.2 Å². The number of nitrogens with zero attached hydrogens (tertiary/aromatic N) is 1.